The molecule has 5 heteroatoms. The molecule has 0 bridgehead atoms. The molecule has 3 atom stereocenters. The Bertz CT molecular complexity index is 242. The van der Waals surface area contributed by atoms with E-state index in [0.29, 0.717) is 5.88 Å². The summed E-state index contributed by atoms with van der Waals surface area (Å²) >= 11 is 5.59. The lowest BCUT2D eigenvalue weighted by Crippen LogP contribution is -2.32. The van der Waals surface area contributed by atoms with E-state index >= 15 is 0 Å². The van der Waals surface area contributed by atoms with Crippen molar-refractivity contribution < 1.29 is 14.7 Å². The molecule has 0 fully saturated rings. The van der Waals surface area contributed by atoms with Gasteiger partial charge in [-0.05, 0) is 6.92 Å². The standard InChI is InChI=1S/C8H12ClNO3/c1-4-6(3-9)10-13-7(4)5(2)8(11)12/h4-5,7H,3H2,1-2H3,(H,11,12). The Hall–Kier alpha value is -0.770. The molecule has 0 aromatic rings. The van der Waals surface area contributed by atoms with E-state index in [2.05, 4.69) is 5.16 Å². The van der Waals surface area contributed by atoms with Gasteiger partial charge in [-0.25, -0.2) is 0 Å². The molecular formula is C8H12ClNO3. The Morgan fingerprint density at radius 3 is 2.85 bits per heavy atom. The minimum atomic E-state index is -0.872. The molecule has 0 amide bonds. The number of carboxylic acid groups (broad SMARTS) is 1. The van der Waals surface area contributed by atoms with Crippen LogP contribution in [0.3, 0.4) is 0 Å². The molecule has 0 aromatic carbocycles. The average Bonchev–Trinajstić information content (AvgIpc) is 2.45. The maximum absolute atomic E-state index is 10.7. The molecule has 0 aliphatic carbocycles. The number of hydrogen-bond donors (Lipinski definition) is 1. The van der Waals surface area contributed by atoms with Crippen LogP contribution in [0.2, 0.25) is 0 Å². The lowest BCUT2D eigenvalue weighted by molar-refractivity contribution is -0.146. The second-order valence-electron chi connectivity index (χ2n) is 3.20. The lowest BCUT2D eigenvalue weighted by Gasteiger charge is -2.17. The maximum atomic E-state index is 10.7. The SMILES string of the molecule is CC(C(=O)O)C1ON=C(CCl)C1C. The molecule has 0 spiro atoms. The second kappa shape index (κ2) is 3.96. The van der Waals surface area contributed by atoms with Crippen LogP contribution in [0.25, 0.3) is 0 Å². The van der Waals surface area contributed by atoms with E-state index in [4.69, 9.17) is 21.5 Å². The van der Waals surface area contributed by atoms with Crippen LogP contribution in [0.5, 0.6) is 0 Å². The van der Waals surface area contributed by atoms with Crippen molar-refractivity contribution in [2.45, 2.75) is 20.0 Å². The summed E-state index contributed by atoms with van der Waals surface area (Å²) in [6.07, 6.45) is -0.383. The molecule has 0 aromatic heterocycles. The number of nitrogens with zero attached hydrogens (tertiary/aromatic N) is 1. The molecule has 1 rings (SSSR count). The highest BCUT2D eigenvalue weighted by Gasteiger charge is 2.37. The molecule has 0 radical (unpaired) electrons. The Morgan fingerprint density at radius 1 is 1.85 bits per heavy atom. The largest absolute Gasteiger partial charge is 0.481 e. The zero-order valence-electron chi connectivity index (χ0n) is 7.53. The summed E-state index contributed by atoms with van der Waals surface area (Å²) < 4.78 is 0. The van der Waals surface area contributed by atoms with Crippen molar-refractivity contribution in [3.8, 4) is 0 Å². The van der Waals surface area contributed by atoms with Crippen LogP contribution >= 0.6 is 11.6 Å². The number of oxime groups is 1. The first-order chi connectivity index (χ1) is 6.07. The monoisotopic (exact) mass is 205 g/mol. The number of rotatable bonds is 3. The normalized spacial score (nSPS) is 29.3. The fraction of sp³-hybridized carbons (Fsp3) is 0.750. The van der Waals surface area contributed by atoms with Crippen molar-refractivity contribution >= 4 is 23.3 Å². The number of halogens is 1. The van der Waals surface area contributed by atoms with Gasteiger partial charge in [0.05, 0.1) is 17.5 Å². The van der Waals surface area contributed by atoms with Gasteiger partial charge in [-0.3, -0.25) is 4.79 Å². The van der Waals surface area contributed by atoms with Gasteiger partial charge in [0.2, 0.25) is 0 Å². The molecule has 1 aliphatic rings. The minimum absolute atomic E-state index is 0.0106. The Balaban J connectivity index is 2.63. The molecule has 1 aliphatic heterocycles. The van der Waals surface area contributed by atoms with Crippen molar-refractivity contribution in [3.05, 3.63) is 0 Å². The van der Waals surface area contributed by atoms with Gasteiger partial charge in [0.1, 0.15) is 6.10 Å². The molecule has 3 unspecified atom stereocenters. The van der Waals surface area contributed by atoms with Crippen molar-refractivity contribution in [2.75, 3.05) is 5.88 Å². The molecule has 0 saturated carbocycles. The predicted octanol–water partition coefficient (Wildman–Crippen LogP) is 1.34. The Kier molecular flexibility index (Phi) is 3.14. The smallest absolute Gasteiger partial charge is 0.310 e. The van der Waals surface area contributed by atoms with Crippen LogP contribution in [-0.4, -0.2) is 28.8 Å². The van der Waals surface area contributed by atoms with Gasteiger partial charge < -0.3 is 9.94 Å². The summed E-state index contributed by atoms with van der Waals surface area (Å²) in [5, 5.41) is 12.5. The number of alkyl halides is 1. The highest BCUT2D eigenvalue weighted by molar-refractivity contribution is 6.29. The van der Waals surface area contributed by atoms with Gasteiger partial charge in [0.15, 0.2) is 0 Å². The molecule has 4 nitrogen and oxygen atoms in total. The molecule has 74 valence electrons. The molecule has 0 saturated heterocycles. The van der Waals surface area contributed by atoms with Crippen LogP contribution in [0, 0.1) is 11.8 Å². The number of hydrogen-bond acceptors (Lipinski definition) is 3. The van der Waals surface area contributed by atoms with Crippen LogP contribution in [-0.2, 0) is 9.63 Å². The summed E-state index contributed by atoms with van der Waals surface area (Å²) in [5.41, 5.74) is 0.722. The predicted molar refractivity (Wildman–Crippen MR) is 49.0 cm³/mol. The van der Waals surface area contributed by atoms with E-state index in [9.17, 15) is 4.79 Å². The highest BCUT2D eigenvalue weighted by atomic mass is 35.5. The zero-order chi connectivity index (χ0) is 10.0. The summed E-state index contributed by atoms with van der Waals surface area (Å²) in [6, 6.07) is 0. The van der Waals surface area contributed by atoms with Crippen molar-refractivity contribution in [1.29, 1.82) is 0 Å². The van der Waals surface area contributed by atoms with Crippen molar-refractivity contribution in [2.24, 2.45) is 17.0 Å². The van der Waals surface area contributed by atoms with E-state index in [1.807, 2.05) is 6.92 Å². The summed E-state index contributed by atoms with van der Waals surface area (Å²) in [4.78, 5) is 15.7. The topological polar surface area (TPSA) is 58.9 Å². The third-order valence-electron chi connectivity index (χ3n) is 2.33. The summed E-state index contributed by atoms with van der Waals surface area (Å²) in [6.45, 7) is 3.48. The van der Waals surface area contributed by atoms with E-state index < -0.39 is 11.9 Å². The van der Waals surface area contributed by atoms with Crippen molar-refractivity contribution in [1.82, 2.24) is 0 Å². The zero-order valence-corrected chi connectivity index (χ0v) is 8.28. The van der Waals surface area contributed by atoms with Gasteiger partial charge in [-0.15, -0.1) is 11.6 Å². The fourth-order valence-electron chi connectivity index (χ4n) is 1.30. The molecule has 13 heavy (non-hydrogen) atoms. The third kappa shape index (κ3) is 1.94. The lowest BCUT2D eigenvalue weighted by atomic mass is 9.91. The van der Waals surface area contributed by atoms with E-state index in [0.717, 1.165) is 5.71 Å². The van der Waals surface area contributed by atoms with Crippen LogP contribution in [0.4, 0.5) is 0 Å². The summed E-state index contributed by atoms with van der Waals surface area (Å²) in [7, 11) is 0. The first-order valence-corrected chi connectivity index (χ1v) is 4.62. The highest BCUT2D eigenvalue weighted by Crippen LogP contribution is 2.25. The third-order valence-corrected chi connectivity index (χ3v) is 2.60. The quantitative estimate of drug-likeness (QED) is 0.708. The van der Waals surface area contributed by atoms with E-state index in [1.54, 1.807) is 6.92 Å². The van der Waals surface area contributed by atoms with Gasteiger partial charge in [0.25, 0.3) is 0 Å². The van der Waals surface area contributed by atoms with Gasteiger partial charge in [-0.2, -0.15) is 0 Å². The first-order valence-electron chi connectivity index (χ1n) is 4.09. The van der Waals surface area contributed by atoms with Gasteiger partial charge >= 0.3 is 5.97 Å². The average molecular weight is 206 g/mol. The van der Waals surface area contributed by atoms with Crippen molar-refractivity contribution in [3.63, 3.8) is 0 Å². The summed E-state index contributed by atoms with van der Waals surface area (Å²) in [5.74, 6) is -1.14. The van der Waals surface area contributed by atoms with Gasteiger partial charge in [-0.1, -0.05) is 12.1 Å². The number of aliphatic carboxylic acids is 1. The van der Waals surface area contributed by atoms with E-state index in [-0.39, 0.29) is 12.0 Å². The fourth-order valence-corrected chi connectivity index (χ4v) is 1.60. The van der Waals surface area contributed by atoms with E-state index in [1.165, 1.54) is 0 Å². The maximum Gasteiger partial charge on any atom is 0.310 e. The van der Waals surface area contributed by atoms with Crippen LogP contribution in [0.1, 0.15) is 13.8 Å². The molecule has 1 N–H and O–H groups in total. The first kappa shape index (κ1) is 10.3. The molecule has 1 heterocycles. The number of carboxylic acids is 1. The Morgan fingerprint density at radius 2 is 2.46 bits per heavy atom. The van der Waals surface area contributed by atoms with Gasteiger partial charge in [0, 0.05) is 5.92 Å². The Labute approximate surface area is 81.5 Å². The minimum Gasteiger partial charge on any atom is -0.481 e. The molecular weight excluding hydrogens is 194 g/mol. The van der Waals surface area contributed by atoms with Crippen LogP contribution in [0.15, 0.2) is 5.16 Å². The second-order valence-corrected chi connectivity index (χ2v) is 3.47. The van der Waals surface area contributed by atoms with Crippen LogP contribution < -0.4 is 0 Å². The number of carbonyl (C=O) groups is 1.